The van der Waals surface area contributed by atoms with Crippen LogP contribution in [-0.2, 0) is 12.8 Å². The van der Waals surface area contributed by atoms with Crippen molar-refractivity contribution < 1.29 is 17.6 Å². The summed E-state index contributed by atoms with van der Waals surface area (Å²) >= 11 is 0. The highest BCUT2D eigenvalue weighted by molar-refractivity contribution is 5.47. The van der Waals surface area contributed by atoms with Gasteiger partial charge in [0.2, 0.25) is 0 Å². The minimum atomic E-state index is -1.54. The van der Waals surface area contributed by atoms with Gasteiger partial charge in [-0.3, -0.25) is 0 Å². The number of rotatable bonds is 0. The Balaban J connectivity index is 1.96. The van der Waals surface area contributed by atoms with Crippen molar-refractivity contribution in [1.29, 1.82) is 0 Å². The molecule has 1 aliphatic carbocycles. The molecule has 1 atom stereocenters. The lowest BCUT2D eigenvalue weighted by Gasteiger charge is -2.22. The molecule has 4 heteroatoms. The molecule has 0 nitrogen and oxygen atoms in total. The van der Waals surface area contributed by atoms with Gasteiger partial charge in [-0.15, -0.1) is 0 Å². The van der Waals surface area contributed by atoms with Gasteiger partial charge in [0.05, 0.1) is 5.56 Å². The van der Waals surface area contributed by atoms with Gasteiger partial charge >= 0.3 is 0 Å². The Morgan fingerprint density at radius 1 is 0.957 bits per heavy atom. The first-order chi connectivity index (χ1) is 11.0. The van der Waals surface area contributed by atoms with Crippen molar-refractivity contribution in [2.75, 3.05) is 0 Å². The normalized spacial score (nSPS) is 16.5. The average molecular weight is 318 g/mol. The van der Waals surface area contributed by atoms with Gasteiger partial charge in [-0.2, -0.15) is 0 Å². The third-order valence-corrected chi connectivity index (χ3v) is 4.12. The second-order valence-electron chi connectivity index (χ2n) is 5.92. The minimum Gasteiger partial charge on any atom is -0.205 e. The lowest BCUT2D eigenvalue weighted by atomic mass is 9.84. The molecule has 3 rings (SSSR count). The molecule has 2 aromatic rings. The van der Waals surface area contributed by atoms with Crippen LogP contribution in [0.25, 0.3) is 0 Å². The van der Waals surface area contributed by atoms with Gasteiger partial charge in [-0.05, 0) is 54.5 Å². The quantitative estimate of drug-likeness (QED) is 0.373. The van der Waals surface area contributed by atoms with Gasteiger partial charge in [0.15, 0.2) is 17.5 Å². The molecule has 0 bridgehead atoms. The van der Waals surface area contributed by atoms with Crippen molar-refractivity contribution in [3.05, 3.63) is 69.8 Å². The van der Waals surface area contributed by atoms with E-state index in [0.717, 1.165) is 30.5 Å². The Labute approximate surface area is 132 Å². The minimum absolute atomic E-state index is 0.0351. The molecule has 0 N–H and O–H groups in total. The van der Waals surface area contributed by atoms with Crippen LogP contribution in [-0.4, -0.2) is 0 Å². The molecule has 1 aliphatic rings. The van der Waals surface area contributed by atoms with Crippen molar-refractivity contribution in [1.82, 2.24) is 0 Å². The molecule has 0 saturated heterocycles. The number of fused-ring (bicyclic) bond motifs is 1. The topological polar surface area (TPSA) is 0 Å². The van der Waals surface area contributed by atoms with Crippen LogP contribution in [0.2, 0.25) is 0 Å². The highest BCUT2D eigenvalue weighted by Gasteiger charge is 2.19. The van der Waals surface area contributed by atoms with Crippen molar-refractivity contribution >= 4 is 0 Å². The van der Waals surface area contributed by atoms with Crippen molar-refractivity contribution in [2.45, 2.75) is 26.2 Å². The second-order valence-corrected chi connectivity index (χ2v) is 5.92. The molecule has 0 spiro atoms. The maximum absolute atomic E-state index is 14.5. The monoisotopic (exact) mass is 318 g/mol. The van der Waals surface area contributed by atoms with Crippen LogP contribution in [0, 0.1) is 41.0 Å². The summed E-state index contributed by atoms with van der Waals surface area (Å²) in [5.74, 6) is 1.08. The summed E-state index contributed by atoms with van der Waals surface area (Å²) in [7, 11) is 0. The molecule has 0 aromatic heterocycles. The van der Waals surface area contributed by atoms with E-state index in [9.17, 15) is 17.6 Å². The molecule has 0 amide bonds. The smallest absolute Gasteiger partial charge is 0.194 e. The Hall–Kier alpha value is -2.28. The largest absolute Gasteiger partial charge is 0.205 e. The lowest BCUT2D eigenvalue weighted by molar-refractivity contribution is 0.446. The van der Waals surface area contributed by atoms with E-state index in [0.29, 0.717) is 17.9 Å². The molecule has 2 aromatic carbocycles. The van der Waals surface area contributed by atoms with E-state index in [2.05, 4.69) is 18.8 Å². The number of halogens is 4. The summed E-state index contributed by atoms with van der Waals surface area (Å²) < 4.78 is 53.7. The fraction of sp³-hybridized carbons (Fsp3) is 0.263. The molecule has 118 valence electrons. The van der Waals surface area contributed by atoms with Gasteiger partial charge in [-0.25, -0.2) is 17.6 Å². The predicted octanol–water partition coefficient (Wildman–Crippen LogP) is 4.77. The first-order valence-corrected chi connectivity index (χ1v) is 7.42. The standard InChI is InChI=1S/C19H14F4/c1-11-2-7-15-14(8-11)6-5-13(18(15)22)4-3-12-9-16(20)19(23)17(21)10-12/h5-6,9-11H,2,7-8H2,1H3. The molecule has 1 unspecified atom stereocenters. The average Bonchev–Trinajstić information content (AvgIpc) is 2.51. The zero-order valence-corrected chi connectivity index (χ0v) is 12.5. The lowest BCUT2D eigenvalue weighted by Crippen LogP contribution is -2.13. The van der Waals surface area contributed by atoms with E-state index in [1.165, 1.54) is 0 Å². The third kappa shape index (κ3) is 3.10. The number of hydrogen-bond donors (Lipinski definition) is 0. The van der Waals surface area contributed by atoms with Crippen molar-refractivity contribution in [3.8, 4) is 11.8 Å². The zero-order chi connectivity index (χ0) is 16.6. The highest BCUT2D eigenvalue weighted by Crippen LogP contribution is 2.28. The van der Waals surface area contributed by atoms with E-state index < -0.39 is 17.5 Å². The molecule has 0 radical (unpaired) electrons. The summed E-state index contributed by atoms with van der Waals surface area (Å²) in [6, 6.07) is 5.02. The van der Waals surface area contributed by atoms with Crippen LogP contribution >= 0.6 is 0 Å². The van der Waals surface area contributed by atoms with E-state index >= 15 is 0 Å². The molecule has 0 saturated carbocycles. The Kier molecular flexibility index (Phi) is 4.12. The van der Waals surface area contributed by atoms with E-state index in [1.807, 2.05) is 6.07 Å². The molecule has 0 aliphatic heterocycles. The molecular formula is C19H14F4. The van der Waals surface area contributed by atoms with E-state index in [-0.39, 0.29) is 16.9 Å². The first kappa shape index (κ1) is 15.6. The van der Waals surface area contributed by atoms with Crippen LogP contribution in [0.5, 0.6) is 0 Å². The molecule has 0 fully saturated rings. The number of benzene rings is 2. The van der Waals surface area contributed by atoms with Crippen LogP contribution < -0.4 is 0 Å². The predicted molar refractivity (Wildman–Crippen MR) is 79.9 cm³/mol. The Bertz CT molecular complexity index is 804. The van der Waals surface area contributed by atoms with Gasteiger partial charge < -0.3 is 0 Å². The Morgan fingerprint density at radius 3 is 2.35 bits per heavy atom. The fourth-order valence-electron chi connectivity index (χ4n) is 2.85. The van der Waals surface area contributed by atoms with Crippen LogP contribution in [0.1, 0.15) is 35.6 Å². The van der Waals surface area contributed by atoms with Gasteiger partial charge in [-0.1, -0.05) is 24.8 Å². The maximum Gasteiger partial charge on any atom is 0.194 e. The summed E-state index contributed by atoms with van der Waals surface area (Å²) in [4.78, 5) is 0. The van der Waals surface area contributed by atoms with Crippen molar-refractivity contribution in [3.63, 3.8) is 0 Å². The SMILES string of the molecule is CC1CCc2c(ccc(C#Cc3cc(F)c(F)c(F)c3)c2F)C1. The first-order valence-electron chi connectivity index (χ1n) is 7.42. The van der Waals surface area contributed by atoms with E-state index in [1.54, 1.807) is 6.07 Å². The summed E-state index contributed by atoms with van der Waals surface area (Å²) in [5.41, 5.74) is 1.81. The van der Waals surface area contributed by atoms with Crippen LogP contribution in [0.3, 0.4) is 0 Å². The van der Waals surface area contributed by atoms with Crippen molar-refractivity contribution in [2.24, 2.45) is 5.92 Å². The van der Waals surface area contributed by atoms with Gasteiger partial charge in [0, 0.05) is 5.56 Å². The third-order valence-electron chi connectivity index (χ3n) is 4.12. The van der Waals surface area contributed by atoms with Crippen LogP contribution in [0.4, 0.5) is 17.6 Å². The summed E-state index contributed by atoms with van der Waals surface area (Å²) in [6.45, 7) is 2.13. The van der Waals surface area contributed by atoms with Gasteiger partial charge in [0.1, 0.15) is 5.82 Å². The fourth-order valence-corrected chi connectivity index (χ4v) is 2.85. The van der Waals surface area contributed by atoms with Crippen LogP contribution in [0.15, 0.2) is 24.3 Å². The molecule has 0 heterocycles. The Morgan fingerprint density at radius 2 is 1.65 bits per heavy atom. The zero-order valence-electron chi connectivity index (χ0n) is 12.5. The van der Waals surface area contributed by atoms with Gasteiger partial charge in [0.25, 0.3) is 0 Å². The highest BCUT2D eigenvalue weighted by atomic mass is 19.2. The number of hydrogen-bond acceptors (Lipinski definition) is 0. The second kappa shape index (κ2) is 6.08. The van der Waals surface area contributed by atoms with E-state index in [4.69, 9.17) is 0 Å². The maximum atomic E-state index is 14.5. The molecular weight excluding hydrogens is 304 g/mol. The molecule has 23 heavy (non-hydrogen) atoms. The summed E-state index contributed by atoms with van der Waals surface area (Å²) in [6.07, 6.45) is 2.43. The summed E-state index contributed by atoms with van der Waals surface area (Å²) in [5, 5.41) is 0.